The van der Waals surface area contributed by atoms with Gasteiger partial charge in [-0.25, -0.2) is 9.97 Å². The third-order valence-corrected chi connectivity index (χ3v) is 1.88. The summed E-state index contributed by atoms with van der Waals surface area (Å²) in [5.41, 5.74) is 3.48. The molecule has 0 atom stereocenters. The summed E-state index contributed by atoms with van der Waals surface area (Å²) in [6.45, 7) is 1.93. The van der Waals surface area contributed by atoms with Crippen molar-refractivity contribution < 1.29 is 0 Å². The van der Waals surface area contributed by atoms with Gasteiger partial charge in [0.25, 0.3) is 0 Å². The van der Waals surface area contributed by atoms with Crippen LogP contribution in [-0.4, -0.2) is 9.97 Å². The van der Waals surface area contributed by atoms with E-state index in [0.717, 1.165) is 5.69 Å². The molecule has 4 rings (SSSR count). The van der Waals surface area contributed by atoms with E-state index < -0.39 is 0 Å². The minimum absolute atomic E-state index is 1.01. The Balaban J connectivity index is 0.000000107. The average Bonchev–Trinajstić information content (AvgIpc) is 2.20. The minimum atomic E-state index is 1.01. The molecule has 70 valence electrons. The molecule has 14 heavy (non-hydrogen) atoms. The maximum absolute atomic E-state index is 3.87. The average molecular weight is 185 g/mol. The van der Waals surface area contributed by atoms with Crippen molar-refractivity contribution in [2.75, 3.05) is 5.32 Å². The lowest BCUT2D eigenvalue weighted by molar-refractivity contribution is 1.10. The number of anilines is 2. The van der Waals surface area contributed by atoms with Crippen molar-refractivity contribution in [1.82, 2.24) is 9.97 Å². The molecule has 2 aliphatic rings. The molecule has 1 N–H and O–H groups in total. The molecular formula is C11H11N3. The number of hydrogen-bond donors (Lipinski definition) is 1. The summed E-state index contributed by atoms with van der Waals surface area (Å²) in [6, 6.07) is 10.1. The fourth-order valence-corrected chi connectivity index (χ4v) is 1.12. The number of fused-ring (bicyclic) bond motifs is 2. The number of rotatable bonds is 0. The number of benzene rings is 1. The van der Waals surface area contributed by atoms with Gasteiger partial charge >= 0.3 is 0 Å². The molecule has 0 amide bonds. The van der Waals surface area contributed by atoms with E-state index in [-0.39, 0.29) is 0 Å². The second kappa shape index (κ2) is 3.87. The molecule has 2 aliphatic heterocycles. The van der Waals surface area contributed by atoms with Gasteiger partial charge in [-0.2, -0.15) is 0 Å². The Kier molecular flexibility index (Phi) is 2.40. The molecule has 0 spiro atoms. The van der Waals surface area contributed by atoms with Crippen LogP contribution in [0.15, 0.2) is 42.9 Å². The molecule has 0 saturated carbocycles. The van der Waals surface area contributed by atoms with E-state index in [0.29, 0.717) is 0 Å². The van der Waals surface area contributed by atoms with Crippen LogP contribution in [0.5, 0.6) is 0 Å². The Morgan fingerprint density at radius 1 is 1.14 bits per heavy atom. The van der Waals surface area contributed by atoms with Gasteiger partial charge in [0.15, 0.2) is 0 Å². The Labute approximate surface area is 82.8 Å². The zero-order valence-corrected chi connectivity index (χ0v) is 7.94. The van der Waals surface area contributed by atoms with E-state index in [4.69, 9.17) is 0 Å². The van der Waals surface area contributed by atoms with E-state index in [1.165, 1.54) is 17.7 Å². The first kappa shape index (κ1) is 8.69. The predicted molar refractivity (Wildman–Crippen MR) is 56.5 cm³/mol. The largest absolute Gasteiger partial charge is 0.355 e. The smallest absolute Gasteiger partial charge is 0.115 e. The first-order valence-corrected chi connectivity index (χ1v) is 4.44. The normalized spacial score (nSPS) is 10.4. The Hall–Kier alpha value is -1.90. The van der Waals surface area contributed by atoms with Crippen LogP contribution in [-0.2, 0) is 0 Å². The fraction of sp³-hybridized carbons (Fsp3) is 0.0909. The van der Waals surface area contributed by atoms with Crippen molar-refractivity contribution in [3.8, 4) is 0 Å². The maximum atomic E-state index is 3.87. The topological polar surface area (TPSA) is 37.8 Å². The summed E-state index contributed by atoms with van der Waals surface area (Å²) < 4.78 is 0. The summed E-state index contributed by atoms with van der Waals surface area (Å²) in [5.74, 6) is 0. The lowest BCUT2D eigenvalue weighted by Crippen LogP contribution is -1.98. The maximum Gasteiger partial charge on any atom is 0.115 e. The highest BCUT2D eigenvalue weighted by Crippen LogP contribution is 2.27. The Bertz CT molecular complexity index is 368. The van der Waals surface area contributed by atoms with E-state index in [9.17, 15) is 0 Å². The fourth-order valence-electron chi connectivity index (χ4n) is 1.12. The number of aryl methyl sites for hydroxylation is 1. The van der Waals surface area contributed by atoms with Crippen molar-refractivity contribution in [2.45, 2.75) is 6.92 Å². The summed E-state index contributed by atoms with van der Waals surface area (Å²) in [4.78, 5) is 7.60. The lowest BCUT2D eigenvalue weighted by Gasteiger charge is -2.15. The molecule has 0 saturated heterocycles. The molecule has 3 heteroatoms. The Morgan fingerprint density at radius 2 is 1.86 bits per heavy atom. The third-order valence-electron chi connectivity index (χ3n) is 1.88. The van der Waals surface area contributed by atoms with Crippen LogP contribution in [0.1, 0.15) is 5.69 Å². The summed E-state index contributed by atoms with van der Waals surface area (Å²) in [6.07, 6.45) is 3.26. The number of nitrogens with zero attached hydrogens (tertiary/aromatic N) is 2. The highest BCUT2D eigenvalue weighted by atomic mass is 14.9. The van der Waals surface area contributed by atoms with Gasteiger partial charge in [-0.05, 0) is 31.2 Å². The second-order valence-corrected chi connectivity index (χ2v) is 3.06. The standard InChI is InChI=1S/C6H5N.C5H6N2/c1-2-5-4-6(3-1)7-5;1-5-2-3-6-4-7-5/h1-4,7H;2-4H,1H3. The molecule has 3 nitrogen and oxygen atoms in total. The van der Waals surface area contributed by atoms with Gasteiger partial charge in [0.2, 0.25) is 0 Å². The number of nitrogens with one attached hydrogen (secondary N) is 1. The molecule has 2 bridgehead atoms. The number of aromatic nitrogens is 2. The third kappa shape index (κ3) is 2.07. The van der Waals surface area contributed by atoms with Crippen LogP contribution < -0.4 is 5.32 Å². The summed E-state index contributed by atoms with van der Waals surface area (Å²) in [7, 11) is 0. The Morgan fingerprint density at radius 3 is 2.07 bits per heavy atom. The van der Waals surface area contributed by atoms with Crippen molar-refractivity contribution in [2.24, 2.45) is 0 Å². The van der Waals surface area contributed by atoms with Gasteiger partial charge in [0, 0.05) is 23.3 Å². The predicted octanol–water partition coefficient (Wildman–Crippen LogP) is 2.53. The monoisotopic (exact) mass is 185 g/mol. The molecular weight excluding hydrogens is 174 g/mol. The molecule has 0 radical (unpaired) electrons. The van der Waals surface area contributed by atoms with E-state index in [1.807, 2.05) is 31.2 Å². The van der Waals surface area contributed by atoms with Crippen LogP contribution >= 0.6 is 0 Å². The number of hydrogen-bond acceptors (Lipinski definition) is 3. The van der Waals surface area contributed by atoms with Crippen LogP contribution in [0.25, 0.3) is 0 Å². The highest BCUT2D eigenvalue weighted by molar-refractivity contribution is 5.73. The van der Waals surface area contributed by atoms with Crippen LogP contribution in [0.2, 0.25) is 0 Å². The van der Waals surface area contributed by atoms with Gasteiger partial charge in [-0.15, -0.1) is 0 Å². The first-order valence-electron chi connectivity index (χ1n) is 4.44. The van der Waals surface area contributed by atoms with Crippen LogP contribution in [0.4, 0.5) is 11.4 Å². The van der Waals surface area contributed by atoms with E-state index in [2.05, 4.69) is 21.4 Å². The lowest BCUT2D eigenvalue weighted by atomic mass is 10.2. The second-order valence-electron chi connectivity index (χ2n) is 3.06. The molecule has 3 heterocycles. The van der Waals surface area contributed by atoms with Crippen molar-refractivity contribution in [3.05, 3.63) is 48.5 Å². The minimum Gasteiger partial charge on any atom is -0.355 e. The molecule has 0 fully saturated rings. The summed E-state index contributed by atoms with van der Waals surface area (Å²) in [5, 5.41) is 3.11. The highest BCUT2D eigenvalue weighted by Gasteiger charge is 2.02. The SMILES string of the molecule is Cc1ccncn1.c1cc2cc(c1)N2. The van der Waals surface area contributed by atoms with Gasteiger partial charge < -0.3 is 5.32 Å². The molecule has 0 unspecified atom stereocenters. The molecule has 2 aromatic rings. The van der Waals surface area contributed by atoms with Gasteiger partial charge in [-0.3, -0.25) is 0 Å². The van der Waals surface area contributed by atoms with E-state index >= 15 is 0 Å². The van der Waals surface area contributed by atoms with Gasteiger partial charge in [-0.1, -0.05) is 6.07 Å². The van der Waals surface area contributed by atoms with E-state index in [1.54, 1.807) is 6.20 Å². The first-order chi connectivity index (χ1) is 6.84. The molecule has 1 aromatic carbocycles. The van der Waals surface area contributed by atoms with Crippen LogP contribution in [0.3, 0.4) is 0 Å². The van der Waals surface area contributed by atoms with Crippen molar-refractivity contribution >= 4 is 11.4 Å². The van der Waals surface area contributed by atoms with Gasteiger partial charge in [0.1, 0.15) is 6.33 Å². The zero-order chi connectivity index (χ0) is 9.80. The molecule has 0 aliphatic carbocycles. The van der Waals surface area contributed by atoms with Crippen molar-refractivity contribution in [3.63, 3.8) is 0 Å². The quantitative estimate of drug-likeness (QED) is 0.584. The van der Waals surface area contributed by atoms with Gasteiger partial charge in [0.05, 0.1) is 0 Å². The summed E-state index contributed by atoms with van der Waals surface area (Å²) >= 11 is 0. The zero-order valence-electron chi connectivity index (χ0n) is 7.94. The van der Waals surface area contributed by atoms with Crippen LogP contribution in [0, 0.1) is 6.92 Å². The molecule has 1 aromatic heterocycles. The van der Waals surface area contributed by atoms with Crippen molar-refractivity contribution in [1.29, 1.82) is 0 Å².